The van der Waals surface area contributed by atoms with Crippen molar-refractivity contribution in [2.24, 2.45) is 0 Å². The van der Waals surface area contributed by atoms with Gasteiger partial charge in [-0.1, -0.05) is 29.8 Å². The standard InChI is InChI=1S/C21H19ClN2O5/c1-3-27-17-12-14(11-16(22)20(17)26-2)9-10-19(25)28-13-18-23-24-21(29-18)15-7-5-4-6-8-15/h4-12H,3,13H2,1-2H3/b10-9+. The number of ether oxygens (including phenoxy) is 3. The van der Waals surface area contributed by atoms with Gasteiger partial charge >= 0.3 is 5.97 Å². The van der Waals surface area contributed by atoms with E-state index in [1.165, 1.54) is 13.2 Å². The first-order valence-corrected chi connectivity index (χ1v) is 9.21. The Kier molecular flexibility index (Phi) is 6.86. The van der Waals surface area contributed by atoms with E-state index in [-0.39, 0.29) is 12.5 Å². The Balaban J connectivity index is 1.61. The Labute approximate surface area is 172 Å². The summed E-state index contributed by atoms with van der Waals surface area (Å²) in [4.78, 5) is 12.0. The summed E-state index contributed by atoms with van der Waals surface area (Å²) in [5.41, 5.74) is 1.46. The third kappa shape index (κ3) is 5.36. The molecule has 1 aromatic heterocycles. The van der Waals surface area contributed by atoms with E-state index in [0.717, 1.165) is 5.56 Å². The second-order valence-corrected chi connectivity index (χ2v) is 6.18. The second-order valence-electron chi connectivity index (χ2n) is 5.78. The Morgan fingerprint density at radius 2 is 2.00 bits per heavy atom. The number of carbonyl (C=O) groups is 1. The zero-order valence-electron chi connectivity index (χ0n) is 15.9. The first kappa shape index (κ1) is 20.4. The Hall–Kier alpha value is -3.32. The number of nitrogens with zero attached hydrogens (tertiary/aromatic N) is 2. The molecule has 0 radical (unpaired) electrons. The number of rotatable bonds is 8. The van der Waals surface area contributed by atoms with Crippen LogP contribution in [0.5, 0.6) is 11.5 Å². The summed E-state index contributed by atoms with van der Waals surface area (Å²) in [5, 5.41) is 8.20. The maximum absolute atomic E-state index is 12.0. The molecule has 0 N–H and O–H groups in total. The molecular formula is C21H19ClN2O5. The van der Waals surface area contributed by atoms with Gasteiger partial charge in [-0.2, -0.15) is 0 Å². The van der Waals surface area contributed by atoms with Crippen molar-refractivity contribution in [3.05, 3.63) is 65.0 Å². The van der Waals surface area contributed by atoms with Crippen LogP contribution in [0.3, 0.4) is 0 Å². The van der Waals surface area contributed by atoms with Gasteiger partial charge in [-0.25, -0.2) is 4.79 Å². The lowest BCUT2D eigenvalue weighted by Crippen LogP contribution is -2.01. The monoisotopic (exact) mass is 414 g/mol. The topological polar surface area (TPSA) is 83.7 Å². The lowest BCUT2D eigenvalue weighted by Gasteiger charge is -2.11. The maximum atomic E-state index is 12.0. The van der Waals surface area contributed by atoms with Gasteiger partial charge in [-0.15, -0.1) is 10.2 Å². The van der Waals surface area contributed by atoms with Crippen LogP contribution in [0.25, 0.3) is 17.5 Å². The third-order valence-corrected chi connectivity index (χ3v) is 4.05. The summed E-state index contributed by atoms with van der Waals surface area (Å²) < 4.78 is 21.4. The van der Waals surface area contributed by atoms with Crippen molar-refractivity contribution in [3.63, 3.8) is 0 Å². The Morgan fingerprint density at radius 3 is 2.72 bits per heavy atom. The number of halogens is 1. The molecule has 8 heteroatoms. The van der Waals surface area contributed by atoms with Crippen molar-refractivity contribution in [1.29, 1.82) is 0 Å². The summed E-state index contributed by atoms with van der Waals surface area (Å²) in [5.74, 6) is 0.947. The van der Waals surface area contributed by atoms with E-state index in [9.17, 15) is 4.79 Å². The van der Waals surface area contributed by atoms with Crippen LogP contribution in [0.4, 0.5) is 0 Å². The maximum Gasteiger partial charge on any atom is 0.331 e. The van der Waals surface area contributed by atoms with Crippen LogP contribution >= 0.6 is 11.6 Å². The van der Waals surface area contributed by atoms with Crippen LogP contribution < -0.4 is 9.47 Å². The molecule has 1 heterocycles. The highest BCUT2D eigenvalue weighted by molar-refractivity contribution is 6.32. The number of methoxy groups -OCH3 is 1. The van der Waals surface area contributed by atoms with Crippen molar-refractivity contribution < 1.29 is 23.4 Å². The van der Waals surface area contributed by atoms with Crippen LogP contribution in [-0.2, 0) is 16.1 Å². The fraction of sp³-hybridized carbons (Fsp3) is 0.190. The normalized spacial score (nSPS) is 10.9. The van der Waals surface area contributed by atoms with E-state index < -0.39 is 5.97 Å². The van der Waals surface area contributed by atoms with Gasteiger partial charge in [0.15, 0.2) is 18.1 Å². The summed E-state index contributed by atoms with van der Waals surface area (Å²) >= 11 is 6.20. The van der Waals surface area contributed by atoms with Crippen molar-refractivity contribution >= 4 is 23.6 Å². The molecular weight excluding hydrogens is 396 g/mol. The smallest absolute Gasteiger partial charge is 0.331 e. The molecule has 3 rings (SSSR count). The highest BCUT2D eigenvalue weighted by atomic mass is 35.5. The van der Waals surface area contributed by atoms with Gasteiger partial charge in [-0.3, -0.25) is 0 Å². The minimum atomic E-state index is -0.561. The van der Waals surface area contributed by atoms with Gasteiger partial charge in [-0.05, 0) is 42.8 Å². The quantitative estimate of drug-likeness (QED) is 0.394. The van der Waals surface area contributed by atoms with Crippen LogP contribution in [0.1, 0.15) is 18.4 Å². The first-order chi connectivity index (χ1) is 14.1. The molecule has 2 aromatic carbocycles. The van der Waals surface area contributed by atoms with Gasteiger partial charge in [0.05, 0.1) is 18.7 Å². The van der Waals surface area contributed by atoms with Crippen LogP contribution in [-0.4, -0.2) is 29.9 Å². The number of benzene rings is 2. The molecule has 7 nitrogen and oxygen atoms in total. The molecule has 0 amide bonds. The van der Waals surface area contributed by atoms with Gasteiger partial charge in [0.2, 0.25) is 5.89 Å². The van der Waals surface area contributed by atoms with E-state index in [0.29, 0.717) is 34.6 Å². The lowest BCUT2D eigenvalue weighted by molar-refractivity contribution is -0.139. The molecule has 0 bridgehead atoms. The number of hydrogen-bond acceptors (Lipinski definition) is 7. The summed E-state index contributed by atoms with van der Waals surface area (Å²) in [6, 6.07) is 12.7. The molecule has 0 unspecified atom stereocenters. The Bertz CT molecular complexity index is 1000. The fourth-order valence-corrected chi connectivity index (χ4v) is 2.80. The van der Waals surface area contributed by atoms with E-state index in [1.807, 2.05) is 37.3 Å². The molecule has 0 fully saturated rings. The number of hydrogen-bond donors (Lipinski definition) is 0. The highest BCUT2D eigenvalue weighted by Crippen LogP contribution is 2.36. The molecule has 0 atom stereocenters. The Morgan fingerprint density at radius 1 is 1.21 bits per heavy atom. The molecule has 29 heavy (non-hydrogen) atoms. The fourth-order valence-electron chi connectivity index (χ4n) is 2.50. The highest BCUT2D eigenvalue weighted by Gasteiger charge is 2.12. The van der Waals surface area contributed by atoms with Crippen LogP contribution in [0, 0.1) is 0 Å². The predicted octanol–water partition coefficient (Wildman–Crippen LogP) is 4.55. The molecule has 0 aliphatic carbocycles. The largest absolute Gasteiger partial charge is 0.491 e. The van der Waals surface area contributed by atoms with Gasteiger partial charge < -0.3 is 18.6 Å². The van der Waals surface area contributed by atoms with Gasteiger partial charge in [0.1, 0.15) is 0 Å². The zero-order chi connectivity index (χ0) is 20.6. The molecule has 150 valence electrons. The van der Waals surface area contributed by atoms with E-state index >= 15 is 0 Å². The molecule has 0 saturated heterocycles. The van der Waals surface area contributed by atoms with Gasteiger partial charge in [0.25, 0.3) is 5.89 Å². The minimum absolute atomic E-state index is 0.128. The first-order valence-electron chi connectivity index (χ1n) is 8.83. The van der Waals surface area contributed by atoms with Crippen molar-refractivity contribution in [1.82, 2.24) is 10.2 Å². The number of esters is 1. The van der Waals surface area contributed by atoms with Crippen LogP contribution in [0.2, 0.25) is 5.02 Å². The SMILES string of the molecule is CCOc1cc(/C=C/C(=O)OCc2nnc(-c3ccccc3)o2)cc(Cl)c1OC. The summed E-state index contributed by atoms with van der Waals surface area (Å²) in [6.07, 6.45) is 2.85. The van der Waals surface area contributed by atoms with Crippen molar-refractivity contribution in [2.45, 2.75) is 13.5 Å². The number of carbonyl (C=O) groups excluding carboxylic acids is 1. The van der Waals surface area contributed by atoms with E-state index in [4.69, 9.17) is 30.2 Å². The predicted molar refractivity (Wildman–Crippen MR) is 108 cm³/mol. The van der Waals surface area contributed by atoms with Crippen molar-refractivity contribution in [2.75, 3.05) is 13.7 Å². The third-order valence-electron chi connectivity index (χ3n) is 3.77. The summed E-state index contributed by atoms with van der Waals surface area (Å²) in [6.45, 7) is 2.18. The molecule has 3 aromatic rings. The minimum Gasteiger partial charge on any atom is -0.491 e. The molecule has 0 aliphatic heterocycles. The second kappa shape index (κ2) is 9.75. The van der Waals surface area contributed by atoms with Gasteiger partial charge in [0, 0.05) is 11.6 Å². The van der Waals surface area contributed by atoms with E-state index in [2.05, 4.69) is 10.2 Å². The molecule has 0 spiro atoms. The zero-order valence-corrected chi connectivity index (χ0v) is 16.7. The van der Waals surface area contributed by atoms with E-state index in [1.54, 1.807) is 18.2 Å². The average molecular weight is 415 g/mol. The average Bonchev–Trinajstić information content (AvgIpc) is 3.21. The lowest BCUT2D eigenvalue weighted by atomic mass is 10.2. The summed E-state index contributed by atoms with van der Waals surface area (Å²) in [7, 11) is 1.51. The van der Waals surface area contributed by atoms with Crippen LogP contribution in [0.15, 0.2) is 53.0 Å². The number of aromatic nitrogens is 2. The molecule has 0 aliphatic rings. The van der Waals surface area contributed by atoms with Crippen molar-refractivity contribution in [3.8, 4) is 23.0 Å². The molecule has 0 saturated carbocycles.